The van der Waals surface area contributed by atoms with Crippen LogP contribution in [0.2, 0.25) is 0 Å². The second-order valence-corrected chi connectivity index (χ2v) is 9.77. The lowest BCUT2D eigenvalue weighted by molar-refractivity contribution is -0.125. The number of hydrogen-bond donors (Lipinski definition) is 2. The van der Waals surface area contributed by atoms with Gasteiger partial charge < -0.3 is 10.6 Å². The fourth-order valence-electron chi connectivity index (χ4n) is 3.42. The number of nitrogens with one attached hydrogen (secondary N) is 2. The number of thiazole rings is 2. The molecule has 0 unspecified atom stereocenters. The van der Waals surface area contributed by atoms with Crippen LogP contribution in [0.3, 0.4) is 0 Å². The van der Waals surface area contributed by atoms with Crippen LogP contribution in [0.4, 0.5) is 5.13 Å². The van der Waals surface area contributed by atoms with Gasteiger partial charge in [-0.3, -0.25) is 14.4 Å². The number of carbonyl (C=O) groups is 3. The summed E-state index contributed by atoms with van der Waals surface area (Å²) in [6, 6.07) is 9.87. The molecule has 2 heterocycles. The maximum absolute atomic E-state index is 12.7. The summed E-state index contributed by atoms with van der Waals surface area (Å²) in [5, 5.41) is 8.90. The van der Waals surface area contributed by atoms with Gasteiger partial charge in [-0.2, -0.15) is 0 Å². The summed E-state index contributed by atoms with van der Waals surface area (Å²) in [4.78, 5) is 47.0. The molecule has 2 aromatic heterocycles. The van der Waals surface area contributed by atoms with E-state index in [9.17, 15) is 14.4 Å². The molecule has 3 aromatic rings. The first kappa shape index (κ1) is 22.3. The number of anilines is 1. The van der Waals surface area contributed by atoms with E-state index in [0.29, 0.717) is 28.7 Å². The van der Waals surface area contributed by atoms with Gasteiger partial charge in [-0.15, -0.1) is 11.3 Å². The zero-order chi connectivity index (χ0) is 22.7. The highest BCUT2D eigenvalue weighted by Crippen LogP contribution is 2.32. The molecule has 32 heavy (non-hydrogen) atoms. The quantitative estimate of drug-likeness (QED) is 0.538. The highest BCUT2D eigenvalue weighted by Gasteiger charge is 2.33. The molecule has 0 aliphatic heterocycles. The topological polar surface area (TPSA) is 101 Å². The smallest absolute Gasteiger partial charge is 0.228 e. The zero-order valence-electron chi connectivity index (χ0n) is 17.9. The maximum Gasteiger partial charge on any atom is 0.228 e. The number of hydrogen-bond acceptors (Lipinski definition) is 7. The van der Waals surface area contributed by atoms with E-state index in [1.54, 1.807) is 0 Å². The van der Waals surface area contributed by atoms with E-state index in [-0.39, 0.29) is 29.9 Å². The van der Waals surface area contributed by atoms with Crippen molar-refractivity contribution in [1.82, 2.24) is 15.3 Å². The lowest BCUT2D eigenvalue weighted by Crippen LogP contribution is -2.35. The Morgan fingerprint density at radius 3 is 2.72 bits per heavy atom. The third-order valence-corrected chi connectivity index (χ3v) is 7.42. The van der Waals surface area contributed by atoms with Crippen LogP contribution in [0.25, 0.3) is 11.3 Å². The van der Waals surface area contributed by atoms with Crippen LogP contribution in [0, 0.1) is 11.8 Å². The van der Waals surface area contributed by atoms with Crippen molar-refractivity contribution in [3.63, 3.8) is 0 Å². The lowest BCUT2D eigenvalue weighted by Gasteiger charge is -2.19. The highest BCUT2D eigenvalue weighted by molar-refractivity contribution is 7.17. The van der Waals surface area contributed by atoms with E-state index >= 15 is 0 Å². The summed E-state index contributed by atoms with van der Waals surface area (Å²) in [5.41, 5.74) is 2.50. The van der Waals surface area contributed by atoms with E-state index < -0.39 is 5.92 Å². The number of ketones is 1. The van der Waals surface area contributed by atoms with Gasteiger partial charge in [0, 0.05) is 29.7 Å². The van der Waals surface area contributed by atoms with E-state index in [0.717, 1.165) is 22.7 Å². The normalized spacial score (nSPS) is 16.3. The average molecular weight is 469 g/mol. The number of amides is 2. The molecule has 4 rings (SSSR count). The molecule has 0 fully saturated rings. The summed E-state index contributed by atoms with van der Waals surface area (Å²) in [6.07, 6.45) is 1.26. The first-order chi connectivity index (χ1) is 15.4. The maximum atomic E-state index is 12.7. The second-order valence-electron chi connectivity index (χ2n) is 7.83. The molecular formula is C23H24N4O3S2. The van der Waals surface area contributed by atoms with Gasteiger partial charge in [0.2, 0.25) is 11.8 Å². The Bertz CT molecular complexity index is 1140. The molecule has 1 aromatic carbocycles. The van der Waals surface area contributed by atoms with Crippen LogP contribution >= 0.6 is 22.7 Å². The summed E-state index contributed by atoms with van der Waals surface area (Å²) in [5.74, 6) is -0.993. The molecule has 0 bridgehead atoms. The van der Waals surface area contributed by atoms with Crippen molar-refractivity contribution < 1.29 is 14.4 Å². The first-order valence-corrected chi connectivity index (χ1v) is 12.3. The standard InChI is InChI=1S/C23H24N4O3S2/c1-3-13(2)21(29)27-23-26-16-9-15(10-18(28)20(16)32-23)22(30)24-11-19-25-17(12-31-19)14-7-5-4-6-8-14/h4-8,12-13,15H,3,9-11H2,1-2H3,(H,24,30)(H,26,27,29)/t13-,15+/m1/s1. The Labute approximate surface area is 194 Å². The number of Topliss-reactive ketones (excluding diaryl/α,β-unsaturated/α-hetero) is 1. The van der Waals surface area contributed by atoms with Crippen LogP contribution in [0.1, 0.15) is 47.1 Å². The Morgan fingerprint density at radius 1 is 1.19 bits per heavy atom. The monoisotopic (exact) mass is 468 g/mol. The van der Waals surface area contributed by atoms with Gasteiger partial charge in [-0.1, -0.05) is 55.5 Å². The fourth-order valence-corrected chi connectivity index (χ4v) is 5.11. The Morgan fingerprint density at radius 2 is 1.97 bits per heavy atom. The zero-order valence-corrected chi connectivity index (χ0v) is 19.5. The van der Waals surface area contributed by atoms with Gasteiger partial charge in [0.05, 0.1) is 28.7 Å². The van der Waals surface area contributed by atoms with Crippen molar-refractivity contribution in [2.45, 2.75) is 39.7 Å². The third kappa shape index (κ3) is 4.94. The highest BCUT2D eigenvalue weighted by atomic mass is 32.1. The second kappa shape index (κ2) is 9.70. The van der Waals surface area contributed by atoms with E-state index in [1.165, 1.54) is 22.7 Å². The largest absolute Gasteiger partial charge is 0.349 e. The molecular weight excluding hydrogens is 444 g/mol. The first-order valence-electron chi connectivity index (χ1n) is 10.6. The molecule has 1 aliphatic carbocycles. The predicted molar refractivity (Wildman–Crippen MR) is 126 cm³/mol. The van der Waals surface area contributed by atoms with Crippen molar-refractivity contribution in [1.29, 1.82) is 0 Å². The average Bonchev–Trinajstić information content (AvgIpc) is 3.44. The molecule has 2 amide bonds. The molecule has 0 spiro atoms. The molecule has 166 valence electrons. The van der Waals surface area contributed by atoms with Crippen molar-refractivity contribution >= 4 is 45.4 Å². The van der Waals surface area contributed by atoms with Gasteiger partial charge in [-0.25, -0.2) is 9.97 Å². The number of carbonyl (C=O) groups excluding carboxylic acids is 3. The van der Waals surface area contributed by atoms with Crippen LogP contribution in [-0.2, 0) is 22.6 Å². The number of nitrogens with zero attached hydrogens (tertiary/aromatic N) is 2. The Balaban J connectivity index is 1.36. The molecule has 0 saturated carbocycles. The number of aromatic nitrogens is 2. The number of fused-ring (bicyclic) bond motifs is 1. The minimum absolute atomic E-state index is 0.103. The van der Waals surface area contributed by atoms with Crippen molar-refractivity contribution in [2.75, 3.05) is 5.32 Å². The van der Waals surface area contributed by atoms with Gasteiger partial charge >= 0.3 is 0 Å². The Hall–Kier alpha value is -2.91. The molecule has 2 atom stereocenters. The molecule has 2 N–H and O–H groups in total. The minimum atomic E-state index is -0.469. The molecule has 1 aliphatic rings. The summed E-state index contributed by atoms with van der Waals surface area (Å²) < 4.78 is 0. The van der Waals surface area contributed by atoms with E-state index in [2.05, 4.69) is 20.6 Å². The van der Waals surface area contributed by atoms with Gasteiger partial charge in [-0.05, 0) is 6.42 Å². The van der Waals surface area contributed by atoms with Crippen molar-refractivity contribution in [3.05, 3.63) is 51.3 Å². The van der Waals surface area contributed by atoms with Gasteiger partial charge in [0.1, 0.15) is 5.01 Å². The lowest BCUT2D eigenvalue weighted by atomic mass is 9.89. The number of benzene rings is 1. The van der Waals surface area contributed by atoms with Crippen molar-refractivity contribution in [3.8, 4) is 11.3 Å². The minimum Gasteiger partial charge on any atom is -0.349 e. The van der Waals surface area contributed by atoms with Gasteiger partial charge in [0.25, 0.3) is 0 Å². The number of rotatable bonds is 7. The molecule has 9 heteroatoms. The summed E-state index contributed by atoms with van der Waals surface area (Å²) >= 11 is 2.68. The fraction of sp³-hybridized carbons (Fsp3) is 0.348. The van der Waals surface area contributed by atoms with E-state index in [1.807, 2.05) is 49.6 Å². The van der Waals surface area contributed by atoms with Crippen LogP contribution in [0.5, 0.6) is 0 Å². The van der Waals surface area contributed by atoms with Crippen LogP contribution in [0.15, 0.2) is 35.7 Å². The van der Waals surface area contributed by atoms with Gasteiger partial charge in [0.15, 0.2) is 10.9 Å². The van der Waals surface area contributed by atoms with Crippen LogP contribution in [-0.4, -0.2) is 27.6 Å². The molecule has 7 nitrogen and oxygen atoms in total. The Kier molecular flexibility index (Phi) is 6.76. The predicted octanol–water partition coefficient (Wildman–Crippen LogP) is 4.31. The molecule has 0 saturated heterocycles. The summed E-state index contributed by atoms with van der Waals surface area (Å²) in [7, 11) is 0. The van der Waals surface area contributed by atoms with Crippen LogP contribution < -0.4 is 10.6 Å². The third-order valence-electron chi connectivity index (χ3n) is 5.52. The summed E-state index contributed by atoms with van der Waals surface area (Å²) in [6.45, 7) is 4.11. The van der Waals surface area contributed by atoms with Crippen molar-refractivity contribution in [2.24, 2.45) is 11.8 Å². The molecule has 0 radical (unpaired) electrons. The van der Waals surface area contributed by atoms with E-state index in [4.69, 9.17) is 0 Å². The SMILES string of the molecule is CC[C@@H](C)C(=O)Nc1nc2c(s1)C(=O)C[C@@H](C(=O)NCc1nc(-c3ccccc3)cs1)C2.